The molecule has 3 rings (SSSR count). The van der Waals surface area contributed by atoms with E-state index in [4.69, 9.17) is 9.29 Å². The fraction of sp³-hybridized carbons (Fsp3) is 0.0667. The first-order chi connectivity index (χ1) is 11.4. The van der Waals surface area contributed by atoms with Crippen molar-refractivity contribution >= 4 is 21.3 Å². The zero-order valence-electron chi connectivity index (χ0n) is 12.4. The average Bonchev–Trinajstić information content (AvgIpc) is 2.54. The van der Waals surface area contributed by atoms with Crippen LogP contribution in [0.1, 0.15) is 0 Å². The maximum atomic E-state index is 12.1. The Labute approximate surface area is 136 Å². The number of para-hydroxylation sites is 1. The highest BCUT2D eigenvalue weighted by molar-refractivity contribution is 7.81. The van der Waals surface area contributed by atoms with Crippen LogP contribution < -0.4 is 14.5 Å². The van der Waals surface area contributed by atoms with Crippen molar-refractivity contribution in [2.45, 2.75) is 0 Å². The number of aromatic amines is 1. The molecule has 0 radical (unpaired) electrons. The summed E-state index contributed by atoms with van der Waals surface area (Å²) < 4.78 is 39.9. The van der Waals surface area contributed by atoms with E-state index >= 15 is 0 Å². The minimum atomic E-state index is -4.68. The first kappa shape index (κ1) is 16.0. The molecule has 124 valence electrons. The molecule has 2 aromatic carbocycles. The molecule has 0 amide bonds. The Bertz CT molecular complexity index is 1070. The molecule has 0 saturated carbocycles. The molecule has 24 heavy (non-hydrogen) atoms. The summed E-state index contributed by atoms with van der Waals surface area (Å²) in [5, 5.41) is 0.458. The van der Waals surface area contributed by atoms with E-state index in [1.807, 2.05) is 0 Å². The Kier molecular flexibility index (Phi) is 3.96. The molecule has 3 aromatic rings. The van der Waals surface area contributed by atoms with E-state index in [-0.39, 0.29) is 22.9 Å². The monoisotopic (exact) mass is 348 g/mol. The number of H-pyrrole nitrogens is 1. The highest BCUT2D eigenvalue weighted by Crippen LogP contribution is 2.32. The summed E-state index contributed by atoms with van der Waals surface area (Å²) in [6, 6.07) is 11.1. The van der Waals surface area contributed by atoms with Gasteiger partial charge in [0.15, 0.2) is 11.5 Å². The molecular weight excluding hydrogens is 336 g/mol. The number of aromatic nitrogens is 2. The minimum Gasteiger partial charge on any atom is -0.493 e. The van der Waals surface area contributed by atoms with Crippen LogP contribution in [0.15, 0.2) is 47.3 Å². The molecule has 8 nitrogen and oxygen atoms in total. The number of hydrogen-bond acceptors (Lipinski definition) is 6. The van der Waals surface area contributed by atoms with Crippen LogP contribution >= 0.6 is 0 Å². The lowest BCUT2D eigenvalue weighted by Gasteiger charge is -2.10. The van der Waals surface area contributed by atoms with Gasteiger partial charge < -0.3 is 13.9 Å². The van der Waals surface area contributed by atoms with Crippen LogP contribution in [-0.2, 0) is 10.4 Å². The van der Waals surface area contributed by atoms with Crippen molar-refractivity contribution in [2.75, 3.05) is 7.11 Å². The van der Waals surface area contributed by atoms with Crippen LogP contribution in [-0.4, -0.2) is 30.0 Å². The van der Waals surface area contributed by atoms with Crippen LogP contribution in [0.5, 0.6) is 11.5 Å². The third kappa shape index (κ3) is 3.21. The average molecular weight is 348 g/mol. The first-order valence-electron chi connectivity index (χ1n) is 6.72. The van der Waals surface area contributed by atoms with Gasteiger partial charge in [-0.3, -0.25) is 9.35 Å². The Morgan fingerprint density at radius 3 is 2.58 bits per heavy atom. The SMILES string of the molecule is COc1cc(-c2nc3ccccc3c(=O)[nH]2)ccc1OS(=O)(=O)O. The largest absolute Gasteiger partial charge is 0.493 e. The lowest BCUT2D eigenvalue weighted by atomic mass is 10.1. The van der Waals surface area contributed by atoms with E-state index in [1.54, 1.807) is 24.3 Å². The van der Waals surface area contributed by atoms with Crippen molar-refractivity contribution in [1.82, 2.24) is 9.97 Å². The molecule has 0 aliphatic carbocycles. The Morgan fingerprint density at radius 2 is 1.88 bits per heavy atom. The second-order valence-electron chi connectivity index (χ2n) is 4.81. The van der Waals surface area contributed by atoms with Crippen LogP contribution in [0.25, 0.3) is 22.3 Å². The van der Waals surface area contributed by atoms with E-state index in [0.717, 1.165) is 0 Å². The molecule has 2 N–H and O–H groups in total. The molecule has 0 unspecified atom stereocenters. The van der Waals surface area contributed by atoms with Crippen molar-refractivity contribution in [2.24, 2.45) is 0 Å². The topological polar surface area (TPSA) is 119 Å². The van der Waals surface area contributed by atoms with Gasteiger partial charge in [-0.2, -0.15) is 8.42 Å². The highest BCUT2D eigenvalue weighted by atomic mass is 32.3. The zero-order chi connectivity index (χ0) is 17.3. The molecule has 9 heteroatoms. The van der Waals surface area contributed by atoms with E-state index in [9.17, 15) is 13.2 Å². The number of nitrogens with one attached hydrogen (secondary N) is 1. The summed E-state index contributed by atoms with van der Waals surface area (Å²) in [6.45, 7) is 0. The van der Waals surface area contributed by atoms with Gasteiger partial charge in [0.1, 0.15) is 5.82 Å². The number of hydrogen-bond donors (Lipinski definition) is 2. The lowest BCUT2D eigenvalue weighted by Crippen LogP contribution is -2.10. The molecule has 0 atom stereocenters. The predicted molar refractivity (Wildman–Crippen MR) is 86.5 cm³/mol. The lowest BCUT2D eigenvalue weighted by molar-refractivity contribution is 0.360. The molecule has 0 spiro atoms. The summed E-state index contributed by atoms with van der Waals surface area (Å²) in [5.41, 5.74) is 0.707. The fourth-order valence-electron chi connectivity index (χ4n) is 2.22. The van der Waals surface area contributed by atoms with E-state index in [0.29, 0.717) is 16.5 Å². The number of methoxy groups -OCH3 is 1. The number of fused-ring (bicyclic) bond motifs is 1. The van der Waals surface area contributed by atoms with Gasteiger partial charge in [-0.15, -0.1) is 0 Å². The van der Waals surface area contributed by atoms with Crippen molar-refractivity contribution in [3.8, 4) is 22.9 Å². The molecular formula is C15H12N2O6S. The van der Waals surface area contributed by atoms with Crippen LogP contribution in [0, 0.1) is 0 Å². The van der Waals surface area contributed by atoms with Crippen molar-refractivity contribution in [1.29, 1.82) is 0 Å². The molecule has 0 saturated heterocycles. The first-order valence-corrected chi connectivity index (χ1v) is 8.08. The summed E-state index contributed by atoms with van der Waals surface area (Å²) in [7, 11) is -3.36. The van der Waals surface area contributed by atoms with Crippen molar-refractivity contribution < 1.29 is 21.9 Å². The molecule has 1 heterocycles. The molecule has 1 aromatic heterocycles. The third-order valence-corrected chi connectivity index (χ3v) is 3.64. The van der Waals surface area contributed by atoms with Crippen molar-refractivity contribution in [3.63, 3.8) is 0 Å². The van der Waals surface area contributed by atoms with Crippen LogP contribution in [0.2, 0.25) is 0 Å². The summed E-state index contributed by atoms with van der Waals surface area (Å²) in [6.07, 6.45) is 0. The predicted octanol–water partition coefficient (Wildman–Crippen LogP) is 1.78. The minimum absolute atomic E-state index is 0.0564. The van der Waals surface area contributed by atoms with Gasteiger partial charge in [0.05, 0.1) is 18.0 Å². The van der Waals surface area contributed by atoms with Gasteiger partial charge in [-0.05, 0) is 30.3 Å². The van der Waals surface area contributed by atoms with Gasteiger partial charge in [0, 0.05) is 5.56 Å². The summed E-state index contributed by atoms with van der Waals surface area (Å²) in [5.74, 6) is 0.156. The standard InChI is InChI=1S/C15H12N2O6S/c1-22-13-8-9(6-7-12(13)23-24(19,20)21)14-16-11-5-3-2-4-10(11)15(18)17-14/h2-8H,1H3,(H,16,17,18)(H,19,20,21). The fourth-order valence-corrected chi connectivity index (χ4v) is 2.58. The van der Waals surface area contributed by atoms with E-state index < -0.39 is 10.4 Å². The number of rotatable bonds is 4. The normalized spacial score (nSPS) is 11.4. The number of ether oxygens (including phenoxy) is 1. The maximum absolute atomic E-state index is 12.1. The van der Waals surface area contributed by atoms with Crippen LogP contribution in [0.3, 0.4) is 0 Å². The van der Waals surface area contributed by atoms with E-state index in [2.05, 4.69) is 14.2 Å². The number of nitrogens with zero attached hydrogens (tertiary/aromatic N) is 1. The Hall–Kier alpha value is -2.91. The van der Waals surface area contributed by atoms with Crippen LogP contribution in [0.4, 0.5) is 0 Å². The molecule has 0 bridgehead atoms. The molecule has 0 fully saturated rings. The quantitative estimate of drug-likeness (QED) is 0.690. The second kappa shape index (κ2) is 5.95. The number of benzene rings is 2. The van der Waals surface area contributed by atoms with E-state index in [1.165, 1.54) is 25.3 Å². The van der Waals surface area contributed by atoms with Gasteiger partial charge in [0.25, 0.3) is 5.56 Å². The summed E-state index contributed by atoms with van der Waals surface area (Å²) >= 11 is 0. The molecule has 0 aliphatic rings. The smallest absolute Gasteiger partial charge is 0.446 e. The van der Waals surface area contributed by atoms with Gasteiger partial charge >= 0.3 is 10.4 Å². The second-order valence-corrected chi connectivity index (χ2v) is 5.83. The molecule has 0 aliphatic heterocycles. The maximum Gasteiger partial charge on any atom is 0.446 e. The highest BCUT2D eigenvalue weighted by Gasteiger charge is 2.15. The Balaban J connectivity index is 2.12. The van der Waals surface area contributed by atoms with Gasteiger partial charge in [0.2, 0.25) is 0 Å². The van der Waals surface area contributed by atoms with Gasteiger partial charge in [-0.25, -0.2) is 4.98 Å². The van der Waals surface area contributed by atoms with Crippen molar-refractivity contribution in [3.05, 3.63) is 52.8 Å². The summed E-state index contributed by atoms with van der Waals surface area (Å²) in [4.78, 5) is 19.1. The zero-order valence-corrected chi connectivity index (χ0v) is 13.2. The Morgan fingerprint density at radius 1 is 1.12 bits per heavy atom. The third-order valence-electron chi connectivity index (χ3n) is 3.25. The van der Waals surface area contributed by atoms with Gasteiger partial charge in [-0.1, -0.05) is 12.1 Å².